The summed E-state index contributed by atoms with van der Waals surface area (Å²) in [5.74, 6) is 2.28. The molecule has 1 fully saturated rings. The highest BCUT2D eigenvalue weighted by Crippen LogP contribution is 2.32. The summed E-state index contributed by atoms with van der Waals surface area (Å²) < 4.78 is 0. The Bertz CT molecular complexity index is 726. The third-order valence-corrected chi connectivity index (χ3v) is 5.46. The summed E-state index contributed by atoms with van der Waals surface area (Å²) in [7, 11) is 1.88. The number of aliphatic imine (C=N–C) groups is 1. The van der Waals surface area contributed by atoms with Crippen molar-refractivity contribution in [3.05, 3.63) is 65.5 Å². The molecule has 1 aromatic carbocycles. The summed E-state index contributed by atoms with van der Waals surface area (Å²) in [4.78, 5) is 11.1. The van der Waals surface area contributed by atoms with Crippen molar-refractivity contribution in [2.45, 2.75) is 32.6 Å². The third-order valence-electron chi connectivity index (χ3n) is 5.46. The molecule has 0 radical (unpaired) electrons. The normalized spacial score (nSPS) is 20.9. The first kappa shape index (κ1) is 18.4. The van der Waals surface area contributed by atoms with Gasteiger partial charge in [-0.2, -0.15) is 0 Å². The molecule has 0 saturated carbocycles. The molecule has 4 heteroatoms. The molecule has 138 valence electrons. The van der Waals surface area contributed by atoms with Gasteiger partial charge in [0.15, 0.2) is 5.96 Å². The van der Waals surface area contributed by atoms with Crippen LogP contribution < -0.4 is 5.32 Å². The third kappa shape index (κ3) is 4.43. The highest BCUT2D eigenvalue weighted by Gasteiger charge is 2.28. The van der Waals surface area contributed by atoms with Crippen molar-refractivity contribution in [2.24, 2.45) is 10.9 Å². The molecule has 1 N–H and O–H groups in total. The van der Waals surface area contributed by atoms with Gasteiger partial charge in [-0.25, -0.2) is 0 Å². The van der Waals surface area contributed by atoms with E-state index in [1.165, 1.54) is 23.1 Å². The number of hydrogen-bond acceptors (Lipinski definition) is 2. The Morgan fingerprint density at radius 2 is 2.08 bits per heavy atom. The number of nitrogens with zero attached hydrogens (tertiary/aromatic N) is 3. The van der Waals surface area contributed by atoms with Gasteiger partial charge in [0.05, 0.1) is 0 Å². The summed E-state index contributed by atoms with van der Waals surface area (Å²) in [5.41, 5.74) is 4.07. The minimum atomic E-state index is 0.618. The molecule has 2 unspecified atom stereocenters. The second kappa shape index (κ2) is 8.84. The fourth-order valence-corrected chi connectivity index (χ4v) is 3.96. The van der Waals surface area contributed by atoms with E-state index in [0.717, 1.165) is 32.0 Å². The standard InChI is InChI=1S/C22H30N4/c1-17-15-24-12-9-19(17)10-13-25-22(23-3)26-14-11-21(18(2)16-26)20-7-5-4-6-8-20/h4-9,12,15,18,21H,10-11,13-14,16H2,1-3H3,(H,23,25). The van der Waals surface area contributed by atoms with Crippen LogP contribution in [-0.2, 0) is 6.42 Å². The first-order valence-electron chi connectivity index (χ1n) is 9.59. The monoisotopic (exact) mass is 350 g/mol. The zero-order chi connectivity index (χ0) is 18.4. The Hall–Kier alpha value is -2.36. The maximum absolute atomic E-state index is 4.52. The van der Waals surface area contributed by atoms with Crippen LogP contribution in [0.5, 0.6) is 0 Å². The minimum absolute atomic E-state index is 0.618. The second-order valence-electron chi connectivity index (χ2n) is 7.26. The topological polar surface area (TPSA) is 40.5 Å². The molecule has 2 aromatic rings. The first-order valence-corrected chi connectivity index (χ1v) is 9.59. The second-order valence-corrected chi connectivity index (χ2v) is 7.26. The van der Waals surface area contributed by atoms with Crippen molar-refractivity contribution in [1.82, 2.24) is 15.2 Å². The van der Waals surface area contributed by atoms with Crippen molar-refractivity contribution in [3.63, 3.8) is 0 Å². The number of benzene rings is 1. The Kier molecular flexibility index (Phi) is 6.26. The molecule has 0 aliphatic carbocycles. The van der Waals surface area contributed by atoms with Crippen LogP contribution in [-0.4, -0.2) is 42.5 Å². The van der Waals surface area contributed by atoms with Crippen molar-refractivity contribution < 1.29 is 0 Å². The van der Waals surface area contributed by atoms with Crippen molar-refractivity contribution in [3.8, 4) is 0 Å². The minimum Gasteiger partial charge on any atom is -0.356 e. The number of rotatable bonds is 4. The summed E-state index contributed by atoms with van der Waals surface area (Å²) in [5, 5.41) is 3.55. The van der Waals surface area contributed by atoms with Gasteiger partial charge in [-0.05, 0) is 54.4 Å². The van der Waals surface area contributed by atoms with Crippen LogP contribution in [0.15, 0.2) is 53.8 Å². The molecule has 2 atom stereocenters. The fraction of sp³-hybridized carbons (Fsp3) is 0.455. The zero-order valence-electron chi connectivity index (χ0n) is 16.2. The maximum atomic E-state index is 4.52. The average Bonchev–Trinajstić information content (AvgIpc) is 2.67. The van der Waals surface area contributed by atoms with Gasteiger partial charge in [0, 0.05) is 39.1 Å². The van der Waals surface area contributed by atoms with Crippen molar-refractivity contribution >= 4 is 5.96 Å². The van der Waals surface area contributed by atoms with E-state index >= 15 is 0 Å². The van der Waals surface area contributed by atoms with Gasteiger partial charge in [-0.1, -0.05) is 37.3 Å². The quantitative estimate of drug-likeness (QED) is 0.676. The summed E-state index contributed by atoms with van der Waals surface area (Å²) in [6.45, 7) is 7.47. The number of nitrogens with one attached hydrogen (secondary N) is 1. The molecule has 2 heterocycles. The van der Waals surface area contributed by atoms with Crippen LogP contribution in [0.3, 0.4) is 0 Å². The number of likely N-dealkylation sites (tertiary alicyclic amines) is 1. The predicted octanol–water partition coefficient (Wildman–Crippen LogP) is 3.63. The lowest BCUT2D eigenvalue weighted by molar-refractivity contribution is 0.234. The molecule has 26 heavy (non-hydrogen) atoms. The largest absolute Gasteiger partial charge is 0.356 e. The van der Waals surface area contributed by atoms with E-state index in [1.54, 1.807) is 0 Å². The summed E-state index contributed by atoms with van der Waals surface area (Å²) in [6.07, 6.45) is 5.96. The van der Waals surface area contributed by atoms with E-state index in [9.17, 15) is 0 Å². The summed E-state index contributed by atoms with van der Waals surface area (Å²) >= 11 is 0. The van der Waals surface area contributed by atoms with Gasteiger partial charge in [-0.15, -0.1) is 0 Å². The van der Waals surface area contributed by atoms with E-state index in [4.69, 9.17) is 0 Å². The van der Waals surface area contributed by atoms with E-state index in [1.807, 2.05) is 19.4 Å². The van der Waals surface area contributed by atoms with Gasteiger partial charge in [0.2, 0.25) is 0 Å². The molecule has 4 nitrogen and oxygen atoms in total. The maximum Gasteiger partial charge on any atom is 0.193 e. The molecule has 3 rings (SSSR count). The number of piperidine rings is 1. The number of hydrogen-bond donors (Lipinski definition) is 1. The number of aromatic nitrogens is 1. The van der Waals surface area contributed by atoms with E-state index in [-0.39, 0.29) is 0 Å². The average molecular weight is 351 g/mol. The van der Waals surface area contributed by atoms with Gasteiger partial charge < -0.3 is 10.2 Å². The van der Waals surface area contributed by atoms with E-state index in [0.29, 0.717) is 11.8 Å². The number of pyridine rings is 1. The van der Waals surface area contributed by atoms with Gasteiger partial charge in [-0.3, -0.25) is 9.98 Å². The SMILES string of the molecule is CN=C(NCCc1ccncc1C)N1CCC(c2ccccc2)C(C)C1. The van der Waals surface area contributed by atoms with Crippen LogP contribution in [0, 0.1) is 12.8 Å². The smallest absolute Gasteiger partial charge is 0.193 e. The van der Waals surface area contributed by atoms with Gasteiger partial charge in [0.25, 0.3) is 0 Å². The fourth-order valence-electron chi connectivity index (χ4n) is 3.96. The Balaban J connectivity index is 1.54. The van der Waals surface area contributed by atoms with Crippen LogP contribution in [0.4, 0.5) is 0 Å². The highest BCUT2D eigenvalue weighted by atomic mass is 15.3. The molecule has 1 saturated heterocycles. The van der Waals surface area contributed by atoms with E-state index in [2.05, 4.69) is 70.4 Å². The van der Waals surface area contributed by atoms with E-state index < -0.39 is 0 Å². The molecular formula is C22H30N4. The molecule has 1 aliphatic heterocycles. The van der Waals surface area contributed by atoms with Crippen LogP contribution in [0.25, 0.3) is 0 Å². The van der Waals surface area contributed by atoms with Crippen LogP contribution in [0.1, 0.15) is 36.0 Å². The summed E-state index contributed by atoms with van der Waals surface area (Å²) in [6, 6.07) is 13.0. The highest BCUT2D eigenvalue weighted by molar-refractivity contribution is 5.80. The lowest BCUT2D eigenvalue weighted by Crippen LogP contribution is -2.48. The molecule has 0 bridgehead atoms. The van der Waals surface area contributed by atoms with Crippen molar-refractivity contribution in [1.29, 1.82) is 0 Å². The van der Waals surface area contributed by atoms with Crippen LogP contribution in [0.2, 0.25) is 0 Å². The number of aryl methyl sites for hydroxylation is 1. The number of guanidine groups is 1. The lowest BCUT2D eigenvalue weighted by Gasteiger charge is -2.39. The zero-order valence-corrected chi connectivity index (χ0v) is 16.2. The Labute approximate surface area is 157 Å². The predicted molar refractivity (Wildman–Crippen MR) is 109 cm³/mol. The molecular weight excluding hydrogens is 320 g/mol. The molecule has 0 amide bonds. The van der Waals surface area contributed by atoms with Crippen molar-refractivity contribution in [2.75, 3.05) is 26.7 Å². The Morgan fingerprint density at radius 1 is 1.27 bits per heavy atom. The molecule has 1 aromatic heterocycles. The van der Waals surface area contributed by atoms with Gasteiger partial charge >= 0.3 is 0 Å². The molecule has 0 spiro atoms. The van der Waals surface area contributed by atoms with Gasteiger partial charge in [0.1, 0.15) is 0 Å². The first-order chi connectivity index (χ1) is 12.7. The van der Waals surface area contributed by atoms with Crippen LogP contribution >= 0.6 is 0 Å². The lowest BCUT2D eigenvalue weighted by atomic mass is 9.82. The molecule has 1 aliphatic rings. The Morgan fingerprint density at radius 3 is 2.77 bits per heavy atom.